The van der Waals surface area contributed by atoms with E-state index in [1.165, 1.54) is 0 Å². The summed E-state index contributed by atoms with van der Waals surface area (Å²) in [5, 5.41) is 20.4. The van der Waals surface area contributed by atoms with Gasteiger partial charge in [-0.2, -0.15) is 0 Å². The summed E-state index contributed by atoms with van der Waals surface area (Å²) in [7, 11) is 1.86. The number of phenolic OH excluding ortho intramolecular Hbond substituents is 1. The van der Waals surface area contributed by atoms with Gasteiger partial charge in [-0.3, -0.25) is 19.5 Å². The lowest BCUT2D eigenvalue weighted by Crippen LogP contribution is -2.36. The van der Waals surface area contributed by atoms with Gasteiger partial charge in [-0.15, -0.1) is 0 Å². The minimum atomic E-state index is -0.423. The predicted octanol–water partition coefficient (Wildman–Crippen LogP) is 5.73. The summed E-state index contributed by atoms with van der Waals surface area (Å²) in [5.74, 6) is 0.141. The van der Waals surface area contributed by atoms with Crippen molar-refractivity contribution in [3.63, 3.8) is 0 Å². The lowest BCUT2D eigenvalue weighted by atomic mass is 9.82. The lowest BCUT2D eigenvalue weighted by molar-refractivity contribution is -0.112. The molecule has 0 saturated heterocycles. The Kier molecular flexibility index (Phi) is 10.6. The monoisotopic (exact) mass is 685 g/mol. The first-order valence-electron chi connectivity index (χ1n) is 17.0. The molecule has 11 nitrogen and oxygen atoms in total. The van der Waals surface area contributed by atoms with Crippen molar-refractivity contribution in [2.24, 2.45) is 23.9 Å². The quantitative estimate of drug-likeness (QED) is 0.128. The molecule has 1 aromatic heterocycles. The van der Waals surface area contributed by atoms with Crippen LogP contribution in [-0.4, -0.2) is 69.5 Å². The van der Waals surface area contributed by atoms with Crippen LogP contribution in [0.2, 0.25) is 5.02 Å². The van der Waals surface area contributed by atoms with Crippen LogP contribution in [0.5, 0.6) is 5.75 Å². The first kappa shape index (κ1) is 34.5. The van der Waals surface area contributed by atoms with Crippen molar-refractivity contribution in [2.45, 2.75) is 58.9 Å². The van der Waals surface area contributed by atoms with Crippen molar-refractivity contribution in [3.8, 4) is 16.9 Å². The fraction of sp³-hybridized carbons (Fsp3) is 0.432. The Balaban J connectivity index is 1.14. The number of hydrogen-bond donors (Lipinski definition) is 4. The molecule has 0 radical (unpaired) electrons. The number of imidazole rings is 1. The molecule has 258 valence electrons. The van der Waals surface area contributed by atoms with E-state index >= 15 is 0 Å². The molecular weight excluding hydrogens is 642 g/mol. The maximum atomic E-state index is 13.6. The number of hydrogen-bond acceptors (Lipinski definition) is 8. The molecule has 0 unspecified atom stereocenters. The average Bonchev–Trinajstić information content (AvgIpc) is 3.43. The molecule has 2 aromatic carbocycles. The summed E-state index contributed by atoms with van der Waals surface area (Å²) < 4.78 is 1.86. The topological polar surface area (TPSA) is 141 Å². The Labute approximate surface area is 291 Å². The van der Waals surface area contributed by atoms with Crippen LogP contribution in [0.15, 0.2) is 52.7 Å². The summed E-state index contributed by atoms with van der Waals surface area (Å²) in [6.45, 7) is 7.73. The number of aldehydes is 1. The van der Waals surface area contributed by atoms with Crippen LogP contribution in [0, 0.1) is 11.8 Å². The number of aromatic nitrogens is 2. The maximum absolute atomic E-state index is 13.6. The number of carbonyl (C=O) groups excluding carboxylic acids is 3. The van der Waals surface area contributed by atoms with E-state index in [9.17, 15) is 19.5 Å². The minimum Gasteiger partial charge on any atom is -0.505 e. The van der Waals surface area contributed by atoms with Crippen molar-refractivity contribution in [3.05, 3.63) is 69.9 Å². The van der Waals surface area contributed by atoms with Crippen LogP contribution in [0.1, 0.15) is 68.0 Å². The fourth-order valence-corrected chi connectivity index (χ4v) is 7.34. The number of aromatic hydroxyl groups is 1. The molecule has 2 amide bonds. The number of fused-ring (bicyclic) bond motifs is 1. The molecule has 3 aromatic rings. The standard InChI is InChI=1S/C37H44ClN7O4/c1-22-14-16-39-18-30(22)40-23(2)36(48)43-29-9-5-7-27(34(29)47)26-6-4-8-28(33(26)38)42-37(49)35-41-31-20-45(17-15-32(31)44(35)3)19-24-10-12-25(21-46)13-11-24/h4-9,21,24-25,39,47H,10-20H2,1-3H3,(H,42,49)(H,43,48). The third-order valence-electron chi connectivity index (χ3n) is 10.1. The van der Waals surface area contributed by atoms with Gasteiger partial charge < -0.3 is 30.4 Å². The summed E-state index contributed by atoms with van der Waals surface area (Å²) >= 11 is 6.85. The van der Waals surface area contributed by atoms with Gasteiger partial charge in [0, 0.05) is 62.4 Å². The Morgan fingerprint density at radius 3 is 2.55 bits per heavy atom. The smallest absolute Gasteiger partial charge is 0.291 e. The molecule has 1 fully saturated rings. The molecule has 0 bridgehead atoms. The summed E-state index contributed by atoms with van der Waals surface area (Å²) in [6.07, 6.45) is 6.87. The molecule has 1 aliphatic carbocycles. The zero-order valence-corrected chi connectivity index (χ0v) is 29.1. The van der Waals surface area contributed by atoms with Gasteiger partial charge >= 0.3 is 0 Å². The number of nitrogens with one attached hydrogen (secondary N) is 3. The number of carbonyl (C=O) groups is 3. The molecule has 12 heteroatoms. The number of anilines is 2. The fourth-order valence-electron chi connectivity index (χ4n) is 7.07. The number of phenols is 1. The number of halogens is 1. The average molecular weight is 686 g/mol. The summed E-state index contributed by atoms with van der Waals surface area (Å²) in [5.41, 5.74) is 5.72. The Morgan fingerprint density at radius 1 is 1.08 bits per heavy atom. The Bertz CT molecular complexity index is 1820. The van der Waals surface area contributed by atoms with Crippen LogP contribution in [0.3, 0.4) is 0 Å². The molecule has 1 saturated carbocycles. The molecule has 6 rings (SSSR count). The number of para-hydroxylation sites is 1. The molecular formula is C37H44ClN7O4. The van der Waals surface area contributed by atoms with E-state index in [1.54, 1.807) is 43.3 Å². The van der Waals surface area contributed by atoms with Crippen LogP contribution in [0.25, 0.3) is 11.1 Å². The third kappa shape index (κ3) is 7.64. The second kappa shape index (κ2) is 15.1. The zero-order chi connectivity index (χ0) is 34.7. The second-order valence-electron chi connectivity index (χ2n) is 13.4. The maximum Gasteiger partial charge on any atom is 0.291 e. The predicted molar refractivity (Wildman–Crippen MR) is 192 cm³/mol. The van der Waals surface area contributed by atoms with Gasteiger partial charge in [0.1, 0.15) is 17.7 Å². The number of aliphatic imine (C=N–C) groups is 1. The number of benzene rings is 2. The van der Waals surface area contributed by atoms with Crippen molar-refractivity contribution < 1.29 is 19.5 Å². The first-order chi connectivity index (χ1) is 23.6. The molecule has 0 spiro atoms. The highest BCUT2D eigenvalue weighted by atomic mass is 35.5. The zero-order valence-electron chi connectivity index (χ0n) is 28.3. The molecule has 2 aliphatic heterocycles. The molecule has 3 heterocycles. The number of rotatable bonds is 9. The molecule has 0 atom stereocenters. The van der Waals surface area contributed by atoms with Crippen LogP contribution < -0.4 is 16.0 Å². The van der Waals surface area contributed by atoms with Gasteiger partial charge in [-0.1, -0.05) is 35.9 Å². The number of amides is 2. The lowest BCUT2D eigenvalue weighted by Gasteiger charge is -2.33. The van der Waals surface area contributed by atoms with Crippen LogP contribution in [0.4, 0.5) is 11.4 Å². The summed E-state index contributed by atoms with van der Waals surface area (Å²) in [4.78, 5) is 49.4. The van der Waals surface area contributed by atoms with E-state index in [1.807, 2.05) is 18.5 Å². The Hall–Kier alpha value is -4.32. The van der Waals surface area contributed by atoms with Gasteiger partial charge in [0.15, 0.2) is 5.82 Å². The third-order valence-corrected chi connectivity index (χ3v) is 10.5. The molecule has 49 heavy (non-hydrogen) atoms. The molecule has 3 aliphatic rings. The largest absolute Gasteiger partial charge is 0.505 e. The number of nitrogens with zero attached hydrogens (tertiary/aromatic N) is 4. The van der Waals surface area contributed by atoms with E-state index in [-0.39, 0.29) is 34.0 Å². The van der Waals surface area contributed by atoms with Gasteiger partial charge in [0.2, 0.25) is 0 Å². The highest BCUT2D eigenvalue weighted by Gasteiger charge is 2.29. The van der Waals surface area contributed by atoms with Gasteiger partial charge in [-0.25, -0.2) is 4.98 Å². The van der Waals surface area contributed by atoms with Gasteiger partial charge in [-0.05, 0) is 76.1 Å². The van der Waals surface area contributed by atoms with E-state index in [0.717, 1.165) is 87.1 Å². The summed E-state index contributed by atoms with van der Waals surface area (Å²) in [6, 6.07) is 10.2. The van der Waals surface area contributed by atoms with Crippen molar-refractivity contribution in [2.75, 3.05) is 36.8 Å². The van der Waals surface area contributed by atoms with Crippen molar-refractivity contribution in [1.82, 2.24) is 19.8 Å². The van der Waals surface area contributed by atoms with Crippen LogP contribution in [-0.2, 0) is 29.6 Å². The first-order valence-corrected chi connectivity index (χ1v) is 17.4. The van der Waals surface area contributed by atoms with E-state index < -0.39 is 5.91 Å². The molecule has 4 N–H and O–H groups in total. The highest BCUT2D eigenvalue weighted by molar-refractivity contribution is 6.42. The van der Waals surface area contributed by atoms with E-state index in [0.29, 0.717) is 41.6 Å². The minimum absolute atomic E-state index is 0.151. The van der Waals surface area contributed by atoms with Crippen molar-refractivity contribution >= 4 is 46.8 Å². The van der Waals surface area contributed by atoms with E-state index in [2.05, 4.69) is 25.8 Å². The Morgan fingerprint density at radius 2 is 1.82 bits per heavy atom. The van der Waals surface area contributed by atoms with Crippen molar-refractivity contribution in [1.29, 1.82) is 0 Å². The van der Waals surface area contributed by atoms with Crippen LogP contribution >= 0.6 is 11.6 Å². The van der Waals surface area contributed by atoms with Gasteiger partial charge in [0.25, 0.3) is 11.8 Å². The SMILES string of the molecule is CC(=NC1=C(C)CCNC1)C(=O)Nc1cccc(-c2cccc(NC(=O)c3nc4c(n3C)CCN(CC3CCC(C=O)CC3)C4)c2Cl)c1O. The normalized spacial score (nSPS) is 20.1. The van der Waals surface area contributed by atoms with Gasteiger partial charge in [0.05, 0.1) is 27.8 Å². The second-order valence-corrected chi connectivity index (χ2v) is 13.8. The highest BCUT2D eigenvalue weighted by Crippen LogP contribution is 2.41. The van der Waals surface area contributed by atoms with E-state index in [4.69, 9.17) is 16.6 Å².